The molecular weight excluding hydrogens is 496 g/mol. The van der Waals surface area contributed by atoms with E-state index >= 15 is 0 Å². The van der Waals surface area contributed by atoms with Crippen LogP contribution in [0.2, 0.25) is 0 Å². The summed E-state index contributed by atoms with van der Waals surface area (Å²) < 4.78 is 12.3. The average Bonchev–Trinajstić information content (AvgIpc) is 2.65. The van der Waals surface area contributed by atoms with E-state index in [0.717, 1.165) is 14.5 Å². The van der Waals surface area contributed by atoms with Crippen LogP contribution in [-0.2, 0) is 17.9 Å². The molecule has 0 unspecified atom stereocenters. The van der Waals surface area contributed by atoms with E-state index in [9.17, 15) is 14.7 Å². The largest absolute Gasteiger partial charge is 0.496 e. The van der Waals surface area contributed by atoms with Gasteiger partial charge in [-0.2, -0.15) is 0 Å². The van der Waals surface area contributed by atoms with Crippen molar-refractivity contribution in [3.05, 3.63) is 56.5 Å². The summed E-state index contributed by atoms with van der Waals surface area (Å²) >= 11 is 6.76. The fourth-order valence-electron chi connectivity index (χ4n) is 2.61. The Morgan fingerprint density at radius 1 is 1.00 bits per heavy atom. The number of rotatable bonds is 8. The quantitative estimate of drug-likeness (QED) is 0.554. The van der Waals surface area contributed by atoms with E-state index in [1.807, 2.05) is 18.2 Å². The highest BCUT2D eigenvalue weighted by Crippen LogP contribution is 2.25. The van der Waals surface area contributed by atoms with Crippen LogP contribution in [0, 0.1) is 0 Å². The molecule has 28 heavy (non-hydrogen) atoms. The lowest BCUT2D eigenvalue weighted by atomic mass is 10.2. The zero-order valence-electron chi connectivity index (χ0n) is 15.4. The number of halogens is 2. The summed E-state index contributed by atoms with van der Waals surface area (Å²) in [4.78, 5) is 25.1. The Bertz CT molecular complexity index is 860. The molecule has 2 aromatic rings. The van der Waals surface area contributed by atoms with Crippen molar-refractivity contribution in [2.45, 2.75) is 13.1 Å². The van der Waals surface area contributed by atoms with Crippen molar-refractivity contribution in [3.8, 4) is 11.5 Å². The van der Waals surface area contributed by atoms with E-state index in [-0.39, 0.29) is 13.1 Å². The molecule has 2 aromatic carbocycles. The molecular formula is C19H20Br2N2O5. The number of carboxylic acid groups (broad SMARTS) is 1. The minimum Gasteiger partial charge on any atom is -0.496 e. The number of nitrogens with one attached hydrogen (secondary N) is 1. The second kappa shape index (κ2) is 10.3. The van der Waals surface area contributed by atoms with E-state index < -0.39 is 18.5 Å². The van der Waals surface area contributed by atoms with Crippen molar-refractivity contribution < 1.29 is 24.2 Å². The Labute approximate surface area is 179 Å². The van der Waals surface area contributed by atoms with Gasteiger partial charge in [-0.3, -0.25) is 4.79 Å². The summed E-state index contributed by atoms with van der Waals surface area (Å²) in [6, 6.07) is 10.3. The van der Waals surface area contributed by atoms with Crippen molar-refractivity contribution in [2.24, 2.45) is 0 Å². The third-order valence-corrected chi connectivity index (χ3v) is 4.88. The first-order valence-corrected chi connectivity index (χ1v) is 9.82. The molecule has 9 heteroatoms. The van der Waals surface area contributed by atoms with Crippen molar-refractivity contribution in [1.82, 2.24) is 10.2 Å². The number of carbonyl (C=O) groups excluding carboxylic acids is 1. The van der Waals surface area contributed by atoms with Crippen LogP contribution in [0.3, 0.4) is 0 Å². The van der Waals surface area contributed by atoms with Gasteiger partial charge in [0, 0.05) is 26.6 Å². The summed E-state index contributed by atoms with van der Waals surface area (Å²) in [6.07, 6.45) is 0. The van der Waals surface area contributed by atoms with Crippen LogP contribution in [-0.4, -0.2) is 42.8 Å². The summed E-state index contributed by atoms with van der Waals surface area (Å²) in [5, 5.41) is 12.0. The number of amides is 2. The molecule has 0 saturated heterocycles. The monoisotopic (exact) mass is 514 g/mol. The van der Waals surface area contributed by atoms with Crippen LogP contribution in [0.4, 0.5) is 4.79 Å². The highest BCUT2D eigenvalue weighted by molar-refractivity contribution is 9.10. The SMILES string of the molecule is COc1ccc(Br)cc1CNC(=O)N(CC(=O)O)Cc1cc(Br)ccc1OC. The first kappa shape index (κ1) is 22.0. The highest BCUT2D eigenvalue weighted by atomic mass is 79.9. The molecule has 0 aliphatic heterocycles. The lowest BCUT2D eigenvalue weighted by molar-refractivity contribution is -0.137. The number of aliphatic carboxylic acids is 1. The summed E-state index contributed by atoms with van der Waals surface area (Å²) in [6.45, 7) is -0.180. The first-order chi connectivity index (χ1) is 13.3. The minimum atomic E-state index is -1.11. The number of carboxylic acids is 1. The van der Waals surface area contributed by atoms with E-state index in [1.54, 1.807) is 25.3 Å². The fraction of sp³-hybridized carbons (Fsp3) is 0.263. The predicted octanol–water partition coefficient (Wildman–Crippen LogP) is 4.03. The van der Waals surface area contributed by atoms with Gasteiger partial charge in [0.05, 0.1) is 20.8 Å². The van der Waals surface area contributed by atoms with Crippen LogP contribution in [0.5, 0.6) is 11.5 Å². The van der Waals surface area contributed by atoms with Crippen LogP contribution >= 0.6 is 31.9 Å². The van der Waals surface area contributed by atoms with Gasteiger partial charge in [-0.25, -0.2) is 4.79 Å². The maximum absolute atomic E-state index is 12.7. The third-order valence-electron chi connectivity index (χ3n) is 3.89. The molecule has 2 rings (SSSR count). The van der Waals surface area contributed by atoms with Crippen molar-refractivity contribution >= 4 is 43.9 Å². The maximum Gasteiger partial charge on any atom is 0.323 e. The number of nitrogens with zero attached hydrogens (tertiary/aromatic N) is 1. The molecule has 0 fully saturated rings. The number of carbonyl (C=O) groups is 2. The molecule has 0 aliphatic rings. The van der Waals surface area contributed by atoms with Gasteiger partial charge < -0.3 is 24.8 Å². The summed E-state index contributed by atoms with van der Waals surface area (Å²) in [5.74, 6) is 0.0890. The molecule has 7 nitrogen and oxygen atoms in total. The molecule has 0 aromatic heterocycles. The number of hydrogen-bond donors (Lipinski definition) is 2. The highest BCUT2D eigenvalue weighted by Gasteiger charge is 2.19. The zero-order chi connectivity index (χ0) is 20.7. The van der Waals surface area contributed by atoms with Gasteiger partial charge in [-0.05, 0) is 36.4 Å². The van der Waals surface area contributed by atoms with Crippen LogP contribution in [0.1, 0.15) is 11.1 Å². The zero-order valence-corrected chi connectivity index (χ0v) is 18.5. The average molecular weight is 516 g/mol. The fourth-order valence-corrected chi connectivity index (χ4v) is 3.42. The number of hydrogen-bond acceptors (Lipinski definition) is 4. The molecule has 0 radical (unpaired) electrons. The minimum absolute atomic E-state index is 0.0797. The van der Waals surface area contributed by atoms with Crippen molar-refractivity contribution in [2.75, 3.05) is 20.8 Å². The normalized spacial score (nSPS) is 10.3. The van der Waals surface area contributed by atoms with E-state index in [0.29, 0.717) is 17.1 Å². The molecule has 0 spiro atoms. The lowest BCUT2D eigenvalue weighted by Crippen LogP contribution is -2.42. The molecule has 0 heterocycles. The van der Waals surface area contributed by atoms with Gasteiger partial charge in [0.1, 0.15) is 18.0 Å². The standard InChI is InChI=1S/C19H20Br2N2O5/c1-27-16-5-3-14(20)7-12(16)9-22-19(26)23(11-18(24)25)10-13-8-15(21)4-6-17(13)28-2/h3-8H,9-11H2,1-2H3,(H,22,26)(H,24,25). The molecule has 2 N–H and O–H groups in total. The number of benzene rings is 2. The molecule has 0 atom stereocenters. The van der Waals surface area contributed by atoms with Gasteiger partial charge in [-0.1, -0.05) is 31.9 Å². The Morgan fingerprint density at radius 3 is 2.07 bits per heavy atom. The molecule has 0 aliphatic carbocycles. The Morgan fingerprint density at radius 2 is 1.54 bits per heavy atom. The van der Waals surface area contributed by atoms with Crippen LogP contribution in [0.15, 0.2) is 45.3 Å². The Hall–Kier alpha value is -2.26. The van der Waals surface area contributed by atoms with Gasteiger partial charge in [0.15, 0.2) is 0 Å². The Balaban J connectivity index is 2.17. The van der Waals surface area contributed by atoms with Gasteiger partial charge >= 0.3 is 12.0 Å². The molecule has 2 amide bonds. The molecule has 150 valence electrons. The van der Waals surface area contributed by atoms with Gasteiger partial charge in [0.25, 0.3) is 0 Å². The summed E-state index contributed by atoms with van der Waals surface area (Å²) in [5.41, 5.74) is 1.45. The number of ether oxygens (including phenoxy) is 2. The predicted molar refractivity (Wildman–Crippen MR) is 112 cm³/mol. The number of urea groups is 1. The second-order valence-electron chi connectivity index (χ2n) is 5.82. The van der Waals surface area contributed by atoms with Crippen molar-refractivity contribution in [1.29, 1.82) is 0 Å². The van der Waals surface area contributed by atoms with Crippen LogP contribution in [0.25, 0.3) is 0 Å². The lowest BCUT2D eigenvalue weighted by Gasteiger charge is -2.23. The van der Waals surface area contributed by atoms with E-state index in [4.69, 9.17) is 9.47 Å². The second-order valence-corrected chi connectivity index (χ2v) is 7.65. The van der Waals surface area contributed by atoms with Crippen molar-refractivity contribution in [3.63, 3.8) is 0 Å². The first-order valence-electron chi connectivity index (χ1n) is 8.23. The summed E-state index contributed by atoms with van der Waals surface area (Å²) in [7, 11) is 3.07. The Kier molecular flexibility index (Phi) is 8.13. The van der Waals surface area contributed by atoms with E-state index in [2.05, 4.69) is 37.2 Å². The smallest absolute Gasteiger partial charge is 0.323 e. The van der Waals surface area contributed by atoms with Gasteiger partial charge in [-0.15, -0.1) is 0 Å². The third kappa shape index (κ3) is 6.13. The maximum atomic E-state index is 12.7. The number of methoxy groups -OCH3 is 2. The van der Waals surface area contributed by atoms with Gasteiger partial charge in [0.2, 0.25) is 0 Å². The van der Waals surface area contributed by atoms with Crippen LogP contribution < -0.4 is 14.8 Å². The molecule has 0 bridgehead atoms. The topological polar surface area (TPSA) is 88.1 Å². The molecule has 0 saturated carbocycles. The van der Waals surface area contributed by atoms with E-state index in [1.165, 1.54) is 12.0 Å².